The van der Waals surface area contributed by atoms with Gasteiger partial charge in [-0.1, -0.05) is 42.5 Å². The maximum atomic E-state index is 12.4. The van der Waals surface area contributed by atoms with E-state index in [1.807, 2.05) is 35.2 Å². The van der Waals surface area contributed by atoms with Crippen molar-refractivity contribution >= 4 is 5.91 Å². The highest BCUT2D eigenvalue weighted by atomic mass is 16.5. The summed E-state index contributed by atoms with van der Waals surface area (Å²) in [6.45, 7) is 7.25. The number of rotatable bonds is 7. The molecule has 0 radical (unpaired) electrons. The summed E-state index contributed by atoms with van der Waals surface area (Å²) >= 11 is 0. The fourth-order valence-corrected chi connectivity index (χ4v) is 3.27. The number of carbonyl (C=O) groups is 1. The van der Waals surface area contributed by atoms with Gasteiger partial charge in [0.2, 0.25) is 5.91 Å². The number of ether oxygens (including phenoxy) is 1. The Labute approximate surface area is 156 Å². The molecule has 1 fully saturated rings. The minimum Gasteiger partial charge on any atom is -0.494 e. The van der Waals surface area contributed by atoms with Crippen LogP contribution in [0, 0.1) is 6.92 Å². The van der Waals surface area contributed by atoms with Crippen molar-refractivity contribution in [2.75, 3.05) is 32.8 Å². The van der Waals surface area contributed by atoms with Crippen molar-refractivity contribution in [1.82, 2.24) is 9.80 Å². The molecule has 0 unspecified atom stereocenters. The topological polar surface area (TPSA) is 32.8 Å². The molecule has 0 spiro atoms. The van der Waals surface area contributed by atoms with Crippen molar-refractivity contribution in [1.29, 1.82) is 0 Å². The molecule has 2 aromatic rings. The van der Waals surface area contributed by atoms with Gasteiger partial charge in [0.05, 0.1) is 6.61 Å². The summed E-state index contributed by atoms with van der Waals surface area (Å²) in [4.78, 5) is 16.8. The summed E-state index contributed by atoms with van der Waals surface area (Å²) in [6, 6.07) is 18.3. The monoisotopic (exact) mass is 352 g/mol. The lowest BCUT2D eigenvalue weighted by Gasteiger charge is -2.35. The maximum absolute atomic E-state index is 12.4. The Morgan fingerprint density at radius 3 is 2.38 bits per heavy atom. The molecular weight excluding hydrogens is 324 g/mol. The highest BCUT2D eigenvalue weighted by Crippen LogP contribution is 2.13. The third-order valence-electron chi connectivity index (χ3n) is 4.93. The van der Waals surface area contributed by atoms with Gasteiger partial charge in [-0.3, -0.25) is 9.69 Å². The lowest BCUT2D eigenvalue weighted by atomic mass is 10.1. The molecule has 4 heteroatoms. The van der Waals surface area contributed by atoms with E-state index in [0.29, 0.717) is 13.0 Å². The van der Waals surface area contributed by atoms with E-state index in [1.54, 1.807) is 0 Å². The molecule has 26 heavy (non-hydrogen) atoms. The summed E-state index contributed by atoms with van der Waals surface area (Å²) in [5.74, 6) is 1.11. The van der Waals surface area contributed by atoms with E-state index in [0.717, 1.165) is 44.9 Å². The Bertz CT molecular complexity index is 694. The van der Waals surface area contributed by atoms with Gasteiger partial charge in [0, 0.05) is 39.1 Å². The molecule has 0 N–H and O–H groups in total. The lowest BCUT2D eigenvalue weighted by molar-refractivity contribution is -0.133. The van der Waals surface area contributed by atoms with Crippen molar-refractivity contribution in [3.63, 3.8) is 0 Å². The fraction of sp³-hybridized carbons (Fsp3) is 0.409. The molecule has 1 amide bonds. The second kappa shape index (κ2) is 9.39. The molecular formula is C22H28N2O2. The standard InChI is InChI=1S/C22H28N2O2/c1-19-8-5-6-9-20(19)18-23-13-15-24(16-14-23)22(25)12-7-17-26-21-10-3-2-4-11-21/h2-6,8-11H,7,12-18H2,1H3. The molecule has 1 aliphatic rings. The Kier molecular flexibility index (Phi) is 6.67. The highest BCUT2D eigenvalue weighted by Gasteiger charge is 2.21. The Balaban J connectivity index is 1.35. The number of aryl methyl sites for hydroxylation is 1. The van der Waals surface area contributed by atoms with Crippen molar-refractivity contribution in [2.45, 2.75) is 26.3 Å². The van der Waals surface area contributed by atoms with Crippen LogP contribution < -0.4 is 4.74 Å². The van der Waals surface area contributed by atoms with Crippen LogP contribution in [0.5, 0.6) is 5.75 Å². The van der Waals surface area contributed by atoms with Gasteiger partial charge in [0.25, 0.3) is 0 Å². The van der Waals surface area contributed by atoms with Crippen LogP contribution in [-0.4, -0.2) is 48.5 Å². The fourth-order valence-electron chi connectivity index (χ4n) is 3.27. The molecule has 0 saturated carbocycles. The Hall–Kier alpha value is -2.33. The van der Waals surface area contributed by atoms with Crippen molar-refractivity contribution in [3.05, 3.63) is 65.7 Å². The van der Waals surface area contributed by atoms with Gasteiger partial charge in [-0.25, -0.2) is 0 Å². The average molecular weight is 352 g/mol. The third kappa shape index (κ3) is 5.33. The first-order chi connectivity index (χ1) is 12.7. The molecule has 1 heterocycles. The molecule has 3 rings (SSSR count). The van der Waals surface area contributed by atoms with Crippen molar-refractivity contribution < 1.29 is 9.53 Å². The molecule has 1 aliphatic heterocycles. The summed E-state index contributed by atoms with van der Waals surface area (Å²) < 4.78 is 5.66. The summed E-state index contributed by atoms with van der Waals surface area (Å²) in [6.07, 6.45) is 1.32. The number of carbonyl (C=O) groups excluding carboxylic acids is 1. The number of piperazine rings is 1. The molecule has 138 valence electrons. The van der Waals surface area contributed by atoms with Gasteiger partial charge in [-0.15, -0.1) is 0 Å². The first kappa shape index (κ1) is 18.5. The predicted octanol–water partition coefficient (Wildman–Crippen LogP) is 3.50. The number of hydrogen-bond donors (Lipinski definition) is 0. The predicted molar refractivity (Wildman–Crippen MR) is 104 cm³/mol. The minimum atomic E-state index is 0.247. The molecule has 0 atom stereocenters. The molecule has 2 aromatic carbocycles. The first-order valence-corrected chi connectivity index (χ1v) is 9.45. The number of nitrogens with zero attached hydrogens (tertiary/aromatic N) is 2. The van der Waals surface area contributed by atoms with Crippen LogP contribution in [0.1, 0.15) is 24.0 Å². The Morgan fingerprint density at radius 2 is 1.65 bits per heavy atom. The van der Waals surface area contributed by atoms with Crippen LogP contribution in [0.4, 0.5) is 0 Å². The van der Waals surface area contributed by atoms with Crippen LogP contribution in [-0.2, 0) is 11.3 Å². The van der Waals surface area contributed by atoms with Gasteiger partial charge in [0.15, 0.2) is 0 Å². The summed E-state index contributed by atoms with van der Waals surface area (Å²) in [5.41, 5.74) is 2.72. The quantitative estimate of drug-likeness (QED) is 0.715. The van der Waals surface area contributed by atoms with Crippen LogP contribution in [0.2, 0.25) is 0 Å². The van der Waals surface area contributed by atoms with E-state index in [4.69, 9.17) is 4.74 Å². The van der Waals surface area contributed by atoms with Gasteiger partial charge >= 0.3 is 0 Å². The van der Waals surface area contributed by atoms with Crippen LogP contribution >= 0.6 is 0 Å². The van der Waals surface area contributed by atoms with Gasteiger partial charge in [-0.05, 0) is 36.6 Å². The van der Waals surface area contributed by atoms with Gasteiger partial charge in [0.1, 0.15) is 5.75 Å². The minimum absolute atomic E-state index is 0.247. The SMILES string of the molecule is Cc1ccccc1CN1CCN(C(=O)CCCOc2ccccc2)CC1. The molecule has 0 aromatic heterocycles. The Morgan fingerprint density at radius 1 is 0.962 bits per heavy atom. The van der Waals surface area contributed by atoms with Crippen LogP contribution in [0.25, 0.3) is 0 Å². The first-order valence-electron chi connectivity index (χ1n) is 9.45. The van der Waals surface area contributed by atoms with Gasteiger partial charge < -0.3 is 9.64 Å². The zero-order chi connectivity index (χ0) is 18.2. The average Bonchev–Trinajstić information content (AvgIpc) is 2.68. The molecule has 1 saturated heterocycles. The number of amides is 1. The number of benzene rings is 2. The van der Waals surface area contributed by atoms with E-state index in [2.05, 4.69) is 36.1 Å². The molecule has 4 nitrogen and oxygen atoms in total. The molecule has 0 bridgehead atoms. The lowest BCUT2D eigenvalue weighted by Crippen LogP contribution is -2.48. The van der Waals surface area contributed by atoms with Crippen LogP contribution in [0.15, 0.2) is 54.6 Å². The van der Waals surface area contributed by atoms with E-state index >= 15 is 0 Å². The summed E-state index contributed by atoms with van der Waals surface area (Å²) in [5, 5.41) is 0. The number of para-hydroxylation sites is 1. The van der Waals surface area contributed by atoms with Crippen LogP contribution in [0.3, 0.4) is 0 Å². The largest absolute Gasteiger partial charge is 0.494 e. The van der Waals surface area contributed by atoms with E-state index in [-0.39, 0.29) is 5.91 Å². The highest BCUT2D eigenvalue weighted by molar-refractivity contribution is 5.76. The van der Waals surface area contributed by atoms with Gasteiger partial charge in [-0.2, -0.15) is 0 Å². The second-order valence-electron chi connectivity index (χ2n) is 6.85. The van der Waals surface area contributed by atoms with E-state index < -0.39 is 0 Å². The zero-order valence-electron chi connectivity index (χ0n) is 15.6. The smallest absolute Gasteiger partial charge is 0.222 e. The second-order valence-corrected chi connectivity index (χ2v) is 6.85. The molecule has 0 aliphatic carbocycles. The third-order valence-corrected chi connectivity index (χ3v) is 4.93. The normalized spacial score (nSPS) is 15.0. The van der Waals surface area contributed by atoms with Crippen molar-refractivity contribution in [2.24, 2.45) is 0 Å². The van der Waals surface area contributed by atoms with E-state index in [9.17, 15) is 4.79 Å². The van der Waals surface area contributed by atoms with Crippen molar-refractivity contribution in [3.8, 4) is 5.75 Å². The maximum Gasteiger partial charge on any atom is 0.222 e. The number of hydrogen-bond acceptors (Lipinski definition) is 3. The van der Waals surface area contributed by atoms with E-state index in [1.165, 1.54) is 11.1 Å². The zero-order valence-corrected chi connectivity index (χ0v) is 15.6. The summed E-state index contributed by atoms with van der Waals surface area (Å²) in [7, 11) is 0.